The van der Waals surface area contributed by atoms with E-state index in [0.717, 1.165) is 11.4 Å². The zero-order chi connectivity index (χ0) is 16.4. The summed E-state index contributed by atoms with van der Waals surface area (Å²) in [7, 11) is 0. The SMILES string of the molecule is O=C(O)N1CCN(c2cc(-c3cc(F)cc(Cl)c3)ccn2)CC1. The van der Waals surface area contributed by atoms with Crippen LogP contribution < -0.4 is 4.90 Å². The van der Waals surface area contributed by atoms with Gasteiger partial charge < -0.3 is 14.9 Å². The van der Waals surface area contributed by atoms with E-state index in [4.69, 9.17) is 16.7 Å². The second-order valence-corrected chi connectivity index (χ2v) is 5.75. The van der Waals surface area contributed by atoms with Crippen molar-refractivity contribution in [3.8, 4) is 11.1 Å². The summed E-state index contributed by atoms with van der Waals surface area (Å²) in [6.07, 6.45) is 0.758. The Morgan fingerprint density at radius 3 is 2.52 bits per heavy atom. The van der Waals surface area contributed by atoms with Crippen molar-refractivity contribution in [3.63, 3.8) is 0 Å². The van der Waals surface area contributed by atoms with Crippen molar-refractivity contribution in [2.45, 2.75) is 0 Å². The van der Waals surface area contributed by atoms with E-state index >= 15 is 0 Å². The third-order valence-electron chi connectivity index (χ3n) is 3.82. The van der Waals surface area contributed by atoms with Crippen LogP contribution in [0.3, 0.4) is 0 Å². The molecule has 1 fully saturated rings. The van der Waals surface area contributed by atoms with Gasteiger partial charge in [0.2, 0.25) is 0 Å². The summed E-state index contributed by atoms with van der Waals surface area (Å²) < 4.78 is 13.5. The van der Waals surface area contributed by atoms with E-state index < -0.39 is 6.09 Å². The number of pyridine rings is 1. The zero-order valence-electron chi connectivity index (χ0n) is 12.2. The average Bonchev–Trinajstić information content (AvgIpc) is 2.54. The minimum absolute atomic E-state index is 0.341. The number of nitrogens with zero attached hydrogens (tertiary/aromatic N) is 3. The second-order valence-electron chi connectivity index (χ2n) is 5.32. The molecule has 1 saturated heterocycles. The molecule has 5 nitrogen and oxygen atoms in total. The van der Waals surface area contributed by atoms with Gasteiger partial charge in [-0.25, -0.2) is 14.2 Å². The molecule has 0 bridgehead atoms. The summed E-state index contributed by atoms with van der Waals surface area (Å²) in [5.41, 5.74) is 1.50. The van der Waals surface area contributed by atoms with E-state index in [0.29, 0.717) is 36.8 Å². The third kappa shape index (κ3) is 3.53. The Balaban J connectivity index is 1.82. The van der Waals surface area contributed by atoms with Crippen LogP contribution in [-0.2, 0) is 0 Å². The maximum atomic E-state index is 13.5. The minimum Gasteiger partial charge on any atom is -0.465 e. The Morgan fingerprint density at radius 1 is 1.13 bits per heavy atom. The number of hydrogen-bond acceptors (Lipinski definition) is 3. The summed E-state index contributed by atoms with van der Waals surface area (Å²) in [6, 6.07) is 8.04. The number of carboxylic acid groups (broad SMARTS) is 1. The van der Waals surface area contributed by atoms with Crippen molar-refractivity contribution < 1.29 is 14.3 Å². The van der Waals surface area contributed by atoms with Crippen LogP contribution in [0.15, 0.2) is 36.5 Å². The van der Waals surface area contributed by atoms with Crippen LogP contribution in [0.4, 0.5) is 15.0 Å². The molecule has 2 aromatic rings. The smallest absolute Gasteiger partial charge is 0.407 e. The molecule has 2 heterocycles. The van der Waals surface area contributed by atoms with Crippen LogP contribution in [0.5, 0.6) is 0 Å². The summed E-state index contributed by atoms with van der Waals surface area (Å²) in [6.45, 7) is 2.03. The molecular formula is C16H15ClFN3O2. The lowest BCUT2D eigenvalue weighted by Crippen LogP contribution is -2.48. The lowest BCUT2D eigenvalue weighted by Gasteiger charge is -2.34. The maximum Gasteiger partial charge on any atom is 0.407 e. The molecule has 0 saturated carbocycles. The molecule has 120 valence electrons. The summed E-state index contributed by atoms with van der Waals surface area (Å²) in [5, 5.41) is 9.32. The van der Waals surface area contributed by atoms with E-state index in [2.05, 4.69) is 4.98 Å². The molecule has 1 aromatic heterocycles. The van der Waals surface area contributed by atoms with Gasteiger partial charge in [-0.3, -0.25) is 0 Å². The Labute approximate surface area is 137 Å². The molecule has 1 aromatic carbocycles. The van der Waals surface area contributed by atoms with E-state index in [-0.39, 0.29) is 5.82 Å². The molecule has 1 aliphatic rings. The third-order valence-corrected chi connectivity index (χ3v) is 4.03. The molecule has 0 unspecified atom stereocenters. The summed E-state index contributed by atoms with van der Waals surface area (Å²) in [5.74, 6) is 0.355. The predicted octanol–water partition coefficient (Wildman–Crippen LogP) is 3.34. The highest BCUT2D eigenvalue weighted by Gasteiger charge is 2.21. The molecule has 0 atom stereocenters. The van der Waals surface area contributed by atoms with Gasteiger partial charge in [-0.15, -0.1) is 0 Å². The van der Waals surface area contributed by atoms with Gasteiger partial charge in [0.15, 0.2) is 0 Å². The molecule has 0 aliphatic carbocycles. The lowest BCUT2D eigenvalue weighted by atomic mass is 10.1. The predicted molar refractivity (Wildman–Crippen MR) is 86.5 cm³/mol. The van der Waals surface area contributed by atoms with Crippen molar-refractivity contribution in [2.75, 3.05) is 31.1 Å². The number of benzene rings is 1. The molecule has 23 heavy (non-hydrogen) atoms. The largest absolute Gasteiger partial charge is 0.465 e. The Morgan fingerprint density at radius 2 is 1.87 bits per heavy atom. The Kier molecular flexibility index (Phi) is 4.34. The number of rotatable bonds is 2. The molecule has 0 radical (unpaired) electrons. The van der Waals surface area contributed by atoms with E-state index in [1.165, 1.54) is 17.0 Å². The monoisotopic (exact) mass is 335 g/mol. The standard InChI is InChI=1S/C16H15ClFN3O2/c17-13-7-12(8-14(18)10-13)11-1-2-19-15(9-11)20-3-5-21(6-4-20)16(22)23/h1-2,7-10H,3-6H2,(H,22,23). The van der Waals surface area contributed by atoms with Crippen LogP contribution in [-0.4, -0.2) is 47.3 Å². The van der Waals surface area contributed by atoms with Crippen molar-refractivity contribution in [1.29, 1.82) is 0 Å². The highest BCUT2D eigenvalue weighted by molar-refractivity contribution is 6.30. The Hall–Kier alpha value is -2.34. The highest BCUT2D eigenvalue weighted by Crippen LogP contribution is 2.27. The first kappa shape index (κ1) is 15.6. The van der Waals surface area contributed by atoms with Gasteiger partial charge in [0.05, 0.1) is 0 Å². The highest BCUT2D eigenvalue weighted by atomic mass is 35.5. The number of aromatic nitrogens is 1. The van der Waals surface area contributed by atoms with Gasteiger partial charge >= 0.3 is 6.09 Å². The minimum atomic E-state index is -0.902. The quantitative estimate of drug-likeness (QED) is 0.914. The van der Waals surface area contributed by atoms with Crippen LogP contribution >= 0.6 is 11.6 Å². The van der Waals surface area contributed by atoms with E-state index in [9.17, 15) is 9.18 Å². The van der Waals surface area contributed by atoms with Crippen LogP contribution in [0.2, 0.25) is 5.02 Å². The number of hydrogen-bond donors (Lipinski definition) is 1. The van der Waals surface area contributed by atoms with Gasteiger partial charge in [0.25, 0.3) is 0 Å². The molecule has 1 N–H and O–H groups in total. The first-order chi connectivity index (χ1) is 11.0. The normalized spacial score (nSPS) is 14.9. The van der Waals surface area contributed by atoms with E-state index in [1.54, 1.807) is 18.3 Å². The first-order valence-electron chi connectivity index (χ1n) is 7.18. The molecule has 3 rings (SSSR count). The summed E-state index contributed by atoms with van der Waals surface area (Å²) in [4.78, 5) is 18.7. The van der Waals surface area contributed by atoms with Gasteiger partial charge in [-0.05, 0) is 41.5 Å². The molecule has 1 amide bonds. The topological polar surface area (TPSA) is 56.7 Å². The van der Waals surface area contributed by atoms with Crippen LogP contribution in [0.25, 0.3) is 11.1 Å². The molecular weight excluding hydrogens is 321 g/mol. The van der Waals surface area contributed by atoms with Crippen molar-refractivity contribution in [1.82, 2.24) is 9.88 Å². The molecule has 1 aliphatic heterocycles. The second kappa shape index (κ2) is 6.42. The van der Waals surface area contributed by atoms with Gasteiger partial charge in [-0.2, -0.15) is 0 Å². The first-order valence-corrected chi connectivity index (χ1v) is 7.56. The van der Waals surface area contributed by atoms with Crippen LogP contribution in [0.1, 0.15) is 0 Å². The van der Waals surface area contributed by atoms with Gasteiger partial charge in [-0.1, -0.05) is 11.6 Å². The van der Waals surface area contributed by atoms with Gasteiger partial charge in [0.1, 0.15) is 11.6 Å². The number of amides is 1. The van der Waals surface area contributed by atoms with Crippen molar-refractivity contribution in [3.05, 3.63) is 47.4 Å². The number of anilines is 1. The van der Waals surface area contributed by atoms with Crippen LogP contribution in [0, 0.1) is 5.82 Å². The number of halogens is 2. The molecule has 7 heteroatoms. The summed E-state index contributed by atoms with van der Waals surface area (Å²) >= 11 is 5.91. The van der Waals surface area contributed by atoms with E-state index in [1.807, 2.05) is 11.0 Å². The molecule has 0 spiro atoms. The van der Waals surface area contributed by atoms with Gasteiger partial charge in [0, 0.05) is 37.4 Å². The zero-order valence-corrected chi connectivity index (χ0v) is 13.0. The number of carbonyl (C=O) groups is 1. The lowest BCUT2D eigenvalue weighted by molar-refractivity contribution is 0.142. The Bertz CT molecular complexity index is 713. The maximum absolute atomic E-state index is 13.5. The fourth-order valence-electron chi connectivity index (χ4n) is 2.62. The number of piperazine rings is 1. The fourth-order valence-corrected chi connectivity index (χ4v) is 2.84. The van der Waals surface area contributed by atoms with Crippen molar-refractivity contribution >= 4 is 23.5 Å². The van der Waals surface area contributed by atoms with Crippen molar-refractivity contribution in [2.24, 2.45) is 0 Å². The average molecular weight is 336 g/mol. The fraction of sp³-hybridized carbons (Fsp3) is 0.250.